The lowest BCUT2D eigenvalue weighted by molar-refractivity contribution is 0.318. The van der Waals surface area contributed by atoms with Gasteiger partial charge in [-0.15, -0.1) is 0 Å². The van der Waals surface area contributed by atoms with E-state index in [0.717, 1.165) is 0 Å². The summed E-state index contributed by atoms with van der Waals surface area (Å²) in [6, 6.07) is 1.70. The van der Waals surface area contributed by atoms with Crippen LogP contribution in [-0.4, -0.2) is 30.6 Å². The molecule has 2 rings (SSSR count). The summed E-state index contributed by atoms with van der Waals surface area (Å²) in [5.41, 5.74) is 5.44. The van der Waals surface area contributed by atoms with E-state index >= 15 is 0 Å². The Kier molecular flexibility index (Phi) is 2.28. The van der Waals surface area contributed by atoms with Gasteiger partial charge in [0.15, 0.2) is 5.82 Å². The van der Waals surface area contributed by atoms with Crippen LogP contribution in [-0.2, 0) is 0 Å². The fraction of sp³-hybridized carbons (Fsp3) is 0. The van der Waals surface area contributed by atoms with Crippen LogP contribution in [0.3, 0.4) is 0 Å². The molecule has 7 heteroatoms. The first-order chi connectivity index (χ1) is 7.33. The third-order valence-corrected chi connectivity index (χ3v) is 1.75. The second-order valence-electron chi connectivity index (χ2n) is 2.65. The van der Waals surface area contributed by atoms with Crippen molar-refractivity contribution in [3.05, 3.63) is 36.7 Å². The SMILES string of the molecule is NC(=NO)c1nccn1-c1ncccn1. The maximum atomic E-state index is 8.55. The molecule has 0 fully saturated rings. The van der Waals surface area contributed by atoms with Gasteiger partial charge in [0.25, 0.3) is 0 Å². The van der Waals surface area contributed by atoms with Gasteiger partial charge in [-0.1, -0.05) is 5.16 Å². The van der Waals surface area contributed by atoms with Crippen LogP contribution in [0.15, 0.2) is 36.0 Å². The summed E-state index contributed by atoms with van der Waals surface area (Å²) in [6.07, 6.45) is 6.34. The molecule has 0 amide bonds. The number of hydrogen-bond acceptors (Lipinski definition) is 5. The molecule has 7 nitrogen and oxygen atoms in total. The Morgan fingerprint density at radius 2 is 2.00 bits per heavy atom. The zero-order valence-corrected chi connectivity index (χ0v) is 7.65. The summed E-state index contributed by atoms with van der Waals surface area (Å²) in [6.45, 7) is 0. The van der Waals surface area contributed by atoms with E-state index in [-0.39, 0.29) is 5.84 Å². The molecule has 0 bridgehead atoms. The van der Waals surface area contributed by atoms with Gasteiger partial charge < -0.3 is 10.9 Å². The van der Waals surface area contributed by atoms with Crippen molar-refractivity contribution in [1.29, 1.82) is 0 Å². The largest absolute Gasteiger partial charge is 0.409 e. The highest BCUT2D eigenvalue weighted by Crippen LogP contribution is 2.03. The Balaban J connectivity index is 2.51. The topological polar surface area (TPSA) is 102 Å². The quantitative estimate of drug-likeness (QED) is 0.304. The predicted molar refractivity (Wildman–Crippen MR) is 51.7 cm³/mol. The van der Waals surface area contributed by atoms with Crippen molar-refractivity contribution in [1.82, 2.24) is 19.5 Å². The Morgan fingerprint density at radius 3 is 2.67 bits per heavy atom. The van der Waals surface area contributed by atoms with Gasteiger partial charge in [-0.3, -0.25) is 4.57 Å². The van der Waals surface area contributed by atoms with E-state index in [1.165, 1.54) is 10.8 Å². The number of nitrogens with two attached hydrogens (primary N) is 1. The lowest BCUT2D eigenvalue weighted by atomic mass is 10.5. The summed E-state index contributed by atoms with van der Waals surface area (Å²) >= 11 is 0. The fourth-order valence-electron chi connectivity index (χ4n) is 1.11. The number of imidazole rings is 1. The second-order valence-corrected chi connectivity index (χ2v) is 2.65. The minimum Gasteiger partial charge on any atom is -0.409 e. The number of aromatic nitrogens is 4. The molecule has 3 N–H and O–H groups in total. The normalized spacial score (nSPS) is 11.6. The molecule has 2 heterocycles. The number of rotatable bonds is 2. The molecule has 15 heavy (non-hydrogen) atoms. The predicted octanol–water partition coefficient (Wildman–Crippen LogP) is -0.243. The molecule has 2 aromatic heterocycles. The molecule has 0 spiro atoms. The van der Waals surface area contributed by atoms with Crippen LogP contribution >= 0.6 is 0 Å². The fourth-order valence-corrected chi connectivity index (χ4v) is 1.11. The minimum absolute atomic E-state index is 0.0903. The third-order valence-electron chi connectivity index (χ3n) is 1.75. The van der Waals surface area contributed by atoms with Gasteiger partial charge in [0.2, 0.25) is 11.8 Å². The standard InChI is InChI=1S/C8H8N6O/c9-6(13-15)7-10-4-5-14(7)8-11-2-1-3-12-8/h1-5,15H,(H2,9,13). The Bertz CT molecular complexity index is 477. The van der Waals surface area contributed by atoms with Crippen LogP contribution in [0, 0.1) is 0 Å². The highest BCUT2D eigenvalue weighted by atomic mass is 16.4. The molecule has 0 radical (unpaired) electrons. The Labute approximate surface area is 84.9 Å². The maximum absolute atomic E-state index is 8.55. The van der Waals surface area contributed by atoms with Crippen molar-refractivity contribution >= 4 is 5.84 Å². The monoisotopic (exact) mass is 204 g/mol. The van der Waals surface area contributed by atoms with Crippen LogP contribution in [0.5, 0.6) is 0 Å². The molecular formula is C8H8N6O. The molecule has 0 saturated heterocycles. The molecule has 0 aliphatic carbocycles. The van der Waals surface area contributed by atoms with Gasteiger partial charge in [0, 0.05) is 24.8 Å². The number of nitrogens with zero attached hydrogens (tertiary/aromatic N) is 5. The van der Waals surface area contributed by atoms with Crippen molar-refractivity contribution in [3.63, 3.8) is 0 Å². The summed E-state index contributed by atoms with van der Waals surface area (Å²) in [7, 11) is 0. The highest BCUT2D eigenvalue weighted by molar-refractivity contribution is 5.94. The van der Waals surface area contributed by atoms with E-state index in [4.69, 9.17) is 10.9 Å². The van der Waals surface area contributed by atoms with Crippen molar-refractivity contribution < 1.29 is 5.21 Å². The second kappa shape index (κ2) is 3.74. The first-order valence-corrected chi connectivity index (χ1v) is 4.11. The van der Waals surface area contributed by atoms with E-state index in [1.54, 1.807) is 24.7 Å². The smallest absolute Gasteiger partial charge is 0.235 e. The van der Waals surface area contributed by atoms with E-state index < -0.39 is 0 Å². The zero-order valence-electron chi connectivity index (χ0n) is 7.65. The van der Waals surface area contributed by atoms with E-state index in [2.05, 4.69) is 20.1 Å². The highest BCUT2D eigenvalue weighted by Gasteiger charge is 2.10. The first kappa shape index (κ1) is 9.13. The first-order valence-electron chi connectivity index (χ1n) is 4.11. The van der Waals surface area contributed by atoms with E-state index in [0.29, 0.717) is 11.8 Å². The van der Waals surface area contributed by atoms with E-state index in [9.17, 15) is 0 Å². The van der Waals surface area contributed by atoms with Crippen molar-refractivity contribution in [2.75, 3.05) is 0 Å². The molecule has 76 valence electrons. The molecule has 0 aromatic carbocycles. The summed E-state index contributed by atoms with van der Waals surface area (Å²) < 4.78 is 1.52. The molecule has 0 unspecified atom stereocenters. The van der Waals surface area contributed by atoms with Crippen molar-refractivity contribution in [3.8, 4) is 5.95 Å². The lowest BCUT2D eigenvalue weighted by Crippen LogP contribution is -2.19. The minimum atomic E-state index is -0.0903. The summed E-state index contributed by atoms with van der Waals surface area (Å²) in [5.74, 6) is 0.618. The van der Waals surface area contributed by atoms with Crippen molar-refractivity contribution in [2.45, 2.75) is 0 Å². The lowest BCUT2D eigenvalue weighted by Gasteiger charge is -2.02. The van der Waals surface area contributed by atoms with Crippen LogP contribution in [0.2, 0.25) is 0 Å². The molecule has 0 aliphatic rings. The van der Waals surface area contributed by atoms with Gasteiger partial charge in [0.1, 0.15) is 0 Å². The summed E-state index contributed by atoms with van der Waals surface area (Å²) in [5, 5.41) is 11.4. The average Bonchev–Trinajstić information content (AvgIpc) is 2.78. The van der Waals surface area contributed by atoms with E-state index in [1.807, 2.05) is 0 Å². The summed E-state index contributed by atoms with van der Waals surface area (Å²) in [4.78, 5) is 12.0. The molecular weight excluding hydrogens is 196 g/mol. The number of amidine groups is 1. The van der Waals surface area contributed by atoms with Crippen LogP contribution in [0.25, 0.3) is 5.95 Å². The molecule has 0 saturated carbocycles. The Morgan fingerprint density at radius 1 is 1.27 bits per heavy atom. The third kappa shape index (κ3) is 1.62. The molecule has 0 atom stereocenters. The average molecular weight is 204 g/mol. The van der Waals surface area contributed by atoms with Crippen molar-refractivity contribution in [2.24, 2.45) is 10.9 Å². The van der Waals surface area contributed by atoms with Gasteiger partial charge >= 0.3 is 0 Å². The number of hydrogen-bond donors (Lipinski definition) is 2. The Hall–Kier alpha value is -2.44. The van der Waals surface area contributed by atoms with Crippen LogP contribution < -0.4 is 5.73 Å². The van der Waals surface area contributed by atoms with Gasteiger partial charge in [-0.25, -0.2) is 15.0 Å². The maximum Gasteiger partial charge on any atom is 0.235 e. The van der Waals surface area contributed by atoms with Gasteiger partial charge in [0.05, 0.1) is 0 Å². The molecule has 0 aliphatic heterocycles. The number of oxime groups is 1. The zero-order chi connectivity index (χ0) is 10.7. The van der Waals surface area contributed by atoms with Gasteiger partial charge in [-0.2, -0.15) is 0 Å². The molecule has 2 aromatic rings. The van der Waals surface area contributed by atoms with Crippen LogP contribution in [0.1, 0.15) is 5.82 Å². The van der Waals surface area contributed by atoms with Gasteiger partial charge in [-0.05, 0) is 6.07 Å². The van der Waals surface area contributed by atoms with Crippen LogP contribution in [0.4, 0.5) is 0 Å².